The molecule has 1 aromatic rings. The fourth-order valence-corrected chi connectivity index (χ4v) is 3.76. The van der Waals surface area contributed by atoms with Crippen molar-refractivity contribution in [2.45, 2.75) is 30.2 Å². The molecule has 1 aromatic heterocycles. The van der Waals surface area contributed by atoms with Crippen LogP contribution in [0.25, 0.3) is 0 Å². The number of aromatic nitrogens is 2. The Morgan fingerprint density at radius 2 is 2.17 bits per heavy atom. The van der Waals surface area contributed by atoms with Gasteiger partial charge in [0, 0.05) is 12.2 Å². The Balaban J connectivity index is 0.00000162. The smallest absolute Gasteiger partial charge is 0.249 e. The lowest BCUT2D eigenvalue weighted by Crippen LogP contribution is -2.39. The van der Waals surface area contributed by atoms with Crippen molar-refractivity contribution in [3.63, 3.8) is 0 Å². The van der Waals surface area contributed by atoms with Gasteiger partial charge in [0.1, 0.15) is 5.15 Å². The van der Waals surface area contributed by atoms with Crippen molar-refractivity contribution in [2.24, 2.45) is 0 Å². The van der Waals surface area contributed by atoms with Gasteiger partial charge in [-0.25, -0.2) is 18.4 Å². The molecule has 1 saturated heterocycles. The van der Waals surface area contributed by atoms with Crippen molar-refractivity contribution in [1.82, 2.24) is 15.3 Å². The Kier molecular flexibility index (Phi) is 5.33. The van der Waals surface area contributed by atoms with Crippen molar-refractivity contribution in [3.8, 4) is 0 Å². The number of rotatable bonds is 2. The maximum absolute atomic E-state index is 12.3. The minimum Gasteiger partial charge on any atom is -0.315 e. The molecule has 0 aliphatic carbocycles. The summed E-state index contributed by atoms with van der Waals surface area (Å²) < 4.78 is 24.5. The van der Waals surface area contributed by atoms with Crippen LogP contribution in [0.3, 0.4) is 0 Å². The topological polar surface area (TPSA) is 72.0 Å². The van der Waals surface area contributed by atoms with Crippen LogP contribution in [0.15, 0.2) is 11.2 Å². The summed E-state index contributed by atoms with van der Waals surface area (Å²) >= 11 is 5.76. The third-order valence-corrected chi connectivity index (χ3v) is 4.91. The largest absolute Gasteiger partial charge is 0.315 e. The van der Waals surface area contributed by atoms with Gasteiger partial charge < -0.3 is 5.32 Å². The summed E-state index contributed by atoms with van der Waals surface area (Å²) in [5.74, 6) is 0. The number of aryl methyl sites for hydroxylation is 1. The molecule has 1 fully saturated rings. The second-order valence-electron chi connectivity index (χ2n) is 4.13. The van der Waals surface area contributed by atoms with Gasteiger partial charge in [-0.15, -0.1) is 12.4 Å². The van der Waals surface area contributed by atoms with Gasteiger partial charge >= 0.3 is 0 Å². The van der Waals surface area contributed by atoms with E-state index in [4.69, 9.17) is 11.6 Å². The average molecular weight is 312 g/mol. The number of hydrogen-bond acceptors (Lipinski definition) is 5. The fourth-order valence-electron chi connectivity index (χ4n) is 1.87. The third-order valence-electron chi connectivity index (χ3n) is 2.75. The highest BCUT2D eigenvalue weighted by Crippen LogP contribution is 2.19. The number of nitrogens with zero attached hydrogens (tertiary/aromatic N) is 2. The van der Waals surface area contributed by atoms with Crippen LogP contribution < -0.4 is 5.32 Å². The van der Waals surface area contributed by atoms with Crippen LogP contribution in [-0.4, -0.2) is 36.7 Å². The second kappa shape index (κ2) is 6.14. The molecule has 102 valence electrons. The summed E-state index contributed by atoms with van der Waals surface area (Å²) in [5.41, 5.74) is 0.562. The molecule has 0 amide bonds. The number of sulfone groups is 1. The molecule has 2 heterocycles. The maximum Gasteiger partial charge on any atom is 0.249 e. The van der Waals surface area contributed by atoms with Crippen LogP contribution >= 0.6 is 24.0 Å². The normalized spacial score (nSPS) is 20.2. The van der Waals surface area contributed by atoms with Gasteiger partial charge in [0.2, 0.25) is 15.0 Å². The van der Waals surface area contributed by atoms with Gasteiger partial charge in [-0.1, -0.05) is 11.6 Å². The van der Waals surface area contributed by atoms with Crippen molar-refractivity contribution in [2.75, 3.05) is 13.1 Å². The van der Waals surface area contributed by atoms with Crippen LogP contribution in [0.1, 0.15) is 18.5 Å². The molecule has 18 heavy (non-hydrogen) atoms. The third kappa shape index (κ3) is 3.32. The van der Waals surface area contributed by atoms with E-state index in [-0.39, 0.29) is 22.7 Å². The zero-order chi connectivity index (χ0) is 12.5. The number of halogens is 2. The lowest BCUT2D eigenvalue weighted by Gasteiger charge is -2.21. The quantitative estimate of drug-likeness (QED) is 0.660. The lowest BCUT2D eigenvalue weighted by atomic mass is 10.2. The zero-order valence-corrected chi connectivity index (χ0v) is 12.3. The van der Waals surface area contributed by atoms with E-state index < -0.39 is 15.1 Å². The van der Waals surface area contributed by atoms with Gasteiger partial charge in [-0.3, -0.25) is 0 Å². The monoisotopic (exact) mass is 311 g/mol. The van der Waals surface area contributed by atoms with E-state index in [9.17, 15) is 8.42 Å². The zero-order valence-electron chi connectivity index (χ0n) is 9.89. The molecule has 1 aliphatic heterocycles. The minimum atomic E-state index is -3.48. The molecule has 0 aromatic carbocycles. The Bertz CT molecular complexity index is 496. The predicted octanol–water partition coefficient (Wildman–Crippen LogP) is 1.39. The molecule has 8 heteroatoms. The van der Waals surface area contributed by atoms with E-state index in [0.717, 1.165) is 13.0 Å². The van der Waals surface area contributed by atoms with Gasteiger partial charge in [0.05, 0.1) is 5.25 Å². The van der Waals surface area contributed by atoms with Crippen molar-refractivity contribution in [3.05, 3.63) is 16.9 Å². The molecule has 0 bridgehead atoms. The highest BCUT2D eigenvalue weighted by atomic mass is 35.5. The summed E-state index contributed by atoms with van der Waals surface area (Å²) in [6.07, 6.45) is 1.49. The molecule has 0 saturated carbocycles. The summed E-state index contributed by atoms with van der Waals surface area (Å²) in [6.45, 7) is 3.02. The molecular weight excluding hydrogens is 297 g/mol. The highest BCUT2D eigenvalue weighted by molar-refractivity contribution is 7.91. The van der Waals surface area contributed by atoms with Crippen LogP contribution in [-0.2, 0) is 9.84 Å². The second-order valence-corrected chi connectivity index (χ2v) is 6.64. The predicted molar refractivity (Wildman–Crippen MR) is 72.1 cm³/mol. The lowest BCUT2D eigenvalue weighted by molar-refractivity contribution is 0.493. The summed E-state index contributed by atoms with van der Waals surface area (Å²) in [4.78, 5) is 7.79. The van der Waals surface area contributed by atoms with Gasteiger partial charge in [0.15, 0.2) is 0 Å². The SMILES string of the molecule is Cc1cc(Cl)nc(S(=O)(=O)C2CCCNC2)n1.Cl. The standard InChI is InChI=1S/C10H14ClN3O2S.ClH/c1-7-5-9(11)14-10(13-7)17(15,16)8-3-2-4-12-6-8;/h5,8,12H,2-4,6H2,1H3;1H. The first kappa shape index (κ1) is 15.6. The van der Waals surface area contributed by atoms with Crippen LogP contribution in [0.2, 0.25) is 5.15 Å². The average Bonchev–Trinajstić information content (AvgIpc) is 2.29. The Morgan fingerprint density at radius 3 is 2.72 bits per heavy atom. The van der Waals surface area contributed by atoms with Crippen LogP contribution in [0.4, 0.5) is 0 Å². The van der Waals surface area contributed by atoms with E-state index in [1.807, 2.05) is 0 Å². The minimum absolute atomic E-state index is 0. The van der Waals surface area contributed by atoms with Crippen molar-refractivity contribution < 1.29 is 8.42 Å². The van der Waals surface area contributed by atoms with E-state index in [1.165, 1.54) is 0 Å². The first-order valence-electron chi connectivity index (χ1n) is 5.46. The maximum atomic E-state index is 12.3. The first-order valence-corrected chi connectivity index (χ1v) is 7.38. The summed E-state index contributed by atoms with van der Waals surface area (Å²) in [7, 11) is -3.48. The van der Waals surface area contributed by atoms with Crippen LogP contribution in [0, 0.1) is 6.92 Å². The molecule has 1 N–H and O–H groups in total. The Morgan fingerprint density at radius 1 is 1.44 bits per heavy atom. The van der Waals surface area contributed by atoms with Gasteiger partial charge in [0.25, 0.3) is 0 Å². The molecule has 0 spiro atoms. The van der Waals surface area contributed by atoms with E-state index in [1.54, 1.807) is 13.0 Å². The first-order chi connectivity index (χ1) is 8.00. The Hall–Kier alpha value is -0.430. The fraction of sp³-hybridized carbons (Fsp3) is 0.600. The molecule has 5 nitrogen and oxygen atoms in total. The number of piperidine rings is 1. The van der Waals surface area contributed by atoms with Crippen LogP contribution in [0.5, 0.6) is 0 Å². The van der Waals surface area contributed by atoms with E-state index >= 15 is 0 Å². The molecular formula is C10H15Cl2N3O2S. The van der Waals surface area contributed by atoms with Crippen molar-refractivity contribution in [1.29, 1.82) is 0 Å². The number of hydrogen-bond donors (Lipinski definition) is 1. The van der Waals surface area contributed by atoms with Gasteiger partial charge in [-0.2, -0.15) is 0 Å². The summed E-state index contributed by atoms with van der Waals surface area (Å²) in [5, 5.41) is 2.63. The highest BCUT2D eigenvalue weighted by Gasteiger charge is 2.31. The molecule has 1 atom stereocenters. The van der Waals surface area contributed by atoms with Gasteiger partial charge in [-0.05, 0) is 32.4 Å². The van der Waals surface area contributed by atoms with Crippen molar-refractivity contribution >= 4 is 33.8 Å². The van der Waals surface area contributed by atoms with E-state index in [2.05, 4.69) is 15.3 Å². The Labute approximate surface area is 118 Å². The molecule has 2 rings (SSSR count). The molecule has 0 radical (unpaired) electrons. The summed E-state index contributed by atoms with van der Waals surface area (Å²) in [6, 6.07) is 1.54. The van der Waals surface area contributed by atoms with E-state index in [0.29, 0.717) is 18.7 Å². The molecule has 1 aliphatic rings. The number of nitrogens with one attached hydrogen (secondary N) is 1. The molecule has 1 unspecified atom stereocenters.